The summed E-state index contributed by atoms with van der Waals surface area (Å²) in [6.45, 7) is 9.60. The Balaban J connectivity index is 2.44. The first-order valence-corrected chi connectivity index (χ1v) is 8.20. The number of fused-ring (bicyclic) bond motifs is 1. The van der Waals surface area contributed by atoms with Crippen LogP contribution in [0.15, 0.2) is 36.4 Å². The van der Waals surface area contributed by atoms with Crippen molar-refractivity contribution in [1.29, 1.82) is 0 Å². The second-order valence-corrected chi connectivity index (χ2v) is 5.71. The number of nitrogens with zero attached hydrogens (tertiary/aromatic N) is 1. The van der Waals surface area contributed by atoms with Gasteiger partial charge in [-0.25, -0.2) is 0 Å². The van der Waals surface area contributed by atoms with Crippen molar-refractivity contribution in [2.75, 3.05) is 18.0 Å². The lowest BCUT2D eigenvalue weighted by Crippen LogP contribution is -2.29. The molecule has 21 heavy (non-hydrogen) atoms. The van der Waals surface area contributed by atoms with Crippen molar-refractivity contribution in [3.63, 3.8) is 0 Å². The summed E-state index contributed by atoms with van der Waals surface area (Å²) < 4.78 is 0. The molecule has 2 N–H and O–H groups in total. The van der Waals surface area contributed by atoms with Gasteiger partial charge in [-0.15, -0.1) is 0 Å². The third kappa shape index (κ3) is 3.38. The van der Waals surface area contributed by atoms with E-state index in [0.717, 1.165) is 19.0 Å². The van der Waals surface area contributed by atoms with E-state index in [0.29, 0.717) is 6.54 Å². The molecule has 2 rings (SSSR count). The van der Waals surface area contributed by atoms with Crippen LogP contribution >= 0.6 is 0 Å². The van der Waals surface area contributed by atoms with E-state index in [-0.39, 0.29) is 0 Å². The highest BCUT2D eigenvalue weighted by Crippen LogP contribution is 2.30. The van der Waals surface area contributed by atoms with Crippen molar-refractivity contribution in [1.82, 2.24) is 0 Å². The molecule has 0 saturated heterocycles. The quantitative estimate of drug-likeness (QED) is 0.807. The Morgan fingerprint density at radius 1 is 0.952 bits per heavy atom. The second-order valence-electron chi connectivity index (χ2n) is 5.71. The molecular weight excluding hydrogens is 256 g/mol. The largest absolute Gasteiger partial charge is 0.371 e. The highest BCUT2D eigenvalue weighted by atomic mass is 15.1. The van der Waals surface area contributed by atoms with Crippen LogP contribution in [0, 0.1) is 5.92 Å². The van der Waals surface area contributed by atoms with Gasteiger partial charge < -0.3 is 10.6 Å². The van der Waals surface area contributed by atoms with Crippen molar-refractivity contribution in [2.45, 2.75) is 40.2 Å². The Bertz CT molecular complexity index is 573. The first kappa shape index (κ1) is 15.8. The van der Waals surface area contributed by atoms with Gasteiger partial charge in [-0.1, -0.05) is 57.0 Å². The minimum atomic E-state index is 0.597. The van der Waals surface area contributed by atoms with E-state index >= 15 is 0 Å². The van der Waals surface area contributed by atoms with Gasteiger partial charge in [-0.2, -0.15) is 0 Å². The van der Waals surface area contributed by atoms with Crippen molar-refractivity contribution in [3.05, 3.63) is 42.0 Å². The molecule has 0 fully saturated rings. The fraction of sp³-hybridized carbons (Fsp3) is 0.474. The van der Waals surface area contributed by atoms with Gasteiger partial charge in [0, 0.05) is 30.7 Å². The Hall–Kier alpha value is -1.54. The summed E-state index contributed by atoms with van der Waals surface area (Å²) in [5.41, 5.74) is 8.46. The molecule has 0 saturated carbocycles. The maximum absolute atomic E-state index is 5.88. The molecule has 0 unspecified atom stereocenters. The van der Waals surface area contributed by atoms with Crippen molar-refractivity contribution < 1.29 is 0 Å². The standard InChI is InChI=1S/C19H28N2/c1-4-15(5-2)14-21(6-3)19-12-11-16(13-20)17-9-7-8-10-18(17)19/h7-12,15H,4-6,13-14,20H2,1-3H3. The Kier molecular flexibility index (Phi) is 5.63. The molecule has 0 aliphatic rings. The molecule has 2 aromatic rings. The smallest absolute Gasteiger partial charge is 0.0446 e. The summed E-state index contributed by atoms with van der Waals surface area (Å²) in [5.74, 6) is 0.762. The van der Waals surface area contributed by atoms with Gasteiger partial charge >= 0.3 is 0 Å². The first-order valence-electron chi connectivity index (χ1n) is 8.20. The van der Waals surface area contributed by atoms with Crippen LogP contribution in [0.25, 0.3) is 10.8 Å². The van der Waals surface area contributed by atoms with Crippen LogP contribution in [0.2, 0.25) is 0 Å². The third-order valence-electron chi connectivity index (χ3n) is 4.57. The molecule has 2 heteroatoms. The third-order valence-corrected chi connectivity index (χ3v) is 4.57. The van der Waals surface area contributed by atoms with Crippen molar-refractivity contribution in [2.24, 2.45) is 11.7 Å². The SMILES string of the molecule is CCC(CC)CN(CC)c1ccc(CN)c2ccccc12. The molecule has 114 valence electrons. The first-order chi connectivity index (χ1) is 10.2. The zero-order valence-corrected chi connectivity index (χ0v) is 13.6. The summed E-state index contributed by atoms with van der Waals surface area (Å²) in [4.78, 5) is 2.51. The highest BCUT2D eigenvalue weighted by Gasteiger charge is 2.14. The summed E-state index contributed by atoms with van der Waals surface area (Å²) >= 11 is 0. The molecule has 0 heterocycles. The van der Waals surface area contributed by atoms with Gasteiger partial charge in [-0.05, 0) is 29.9 Å². The van der Waals surface area contributed by atoms with Crippen LogP contribution in [-0.4, -0.2) is 13.1 Å². The van der Waals surface area contributed by atoms with Crippen LogP contribution < -0.4 is 10.6 Å². The van der Waals surface area contributed by atoms with Gasteiger partial charge in [0.1, 0.15) is 0 Å². The monoisotopic (exact) mass is 284 g/mol. The van der Waals surface area contributed by atoms with Gasteiger partial charge in [0.05, 0.1) is 0 Å². The second kappa shape index (κ2) is 7.46. The predicted octanol–water partition coefficient (Wildman–Crippen LogP) is 4.56. The molecule has 0 aliphatic heterocycles. The lowest BCUT2D eigenvalue weighted by atomic mass is 9.99. The minimum Gasteiger partial charge on any atom is -0.371 e. The fourth-order valence-electron chi connectivity index (χ4n) is 3.06. The average molecular weight is 284 g/mol. The van der Waals surface area contributed by atoms with Crippen LogP contribution in [0.4, 0.5) is 5.69 Å². The van der Waals surface area contributed by atoms with Gasteiger partial charge in [-0.3, -0.25) is 0 Å². The Morgan fingerprint density at radius 3 is 2.19 bits per heavy atom. The van der Waals surface area contributed by atoms with Crippen LogP contribution in [0.1, 0.15) is 39.2 Å². The summed E-state index contributed by atoms with van der Waals surface area (Å²) in [6, 6.07) is 13.1. The van der Waals surface area contributed by atoms with Gasteiger partial charge in [0.2, 0.25) is 0 Å². The van der Waals surface area contributed by atoms with Gasteiger partial charge in [0.25, 0.3) is 0 Å². The van der Waals surface area contributed by atoms with E-state index in [1.54, 1.807) is 0 Å². The molecule has 0 spiro atoms. The number of rotatable bonds is 7. The number of benzene rings is 2. The molecule has 0 atom stereocenters. The van der Waals surface area contributed by atoms with Crippen LogP contribution in [0.3, 0.4) is 0 Å². The van der Waals surface area contributed by atoms with Crippen LogP contribution in [0.5, 0.6) is 0 Å². The molecule has 2 nitrogen and oxygen atoms in total. The summed E-state index contributed by atoms with van der Waals surface area (Å²) in [7, 11) is 0. The Labute approximate surface area is 128 Å². The fourth-order valence-corrected chi connectivity index (χ4v) is 3.06. The van der Waals surface area contributed by atoms with Crippen molar-refractivity contribution >= 4 is 16.5 Å². The molecule has 0 amide bonds. The molecule has 0 bridgehead atoms. The van der Waals surface area contributed by atoms with E-state index in [2.05, 4.69) is 62.1 Å². The number of nitrogens with two attached hydrogens (primary N) is 1. The normalized spacial score (nSPS) is 11.3. The van der Waals surface area contributed by atoms with E-state index in [9.17, 15) is 0 Å². The number of hydrogen-bond donors (Lipinski definition) is 1. The molecule has 0 radical (unpaired) electrons. The van der Waals surface area contributed by atoms with E-state index in [4.69, 9.17) is 5.73 Å². The maximum Gasteiger partial charge on any atom is 0.0446 e. The van der Waals surface area contributed by atoms with Gasteiger partial charge in [0.15, 0.2) is 0 Å². The molecule has 2 aromatic carbocycles. The number of anilines is 1. The van der Waals surface area contributed by atoms with Crippen LogP contribution in [-0.2, 0) is 6.54 Å². The highest BCUT2D eigenvalue weighted by molar-refractivity contribution is 5.96. The maximum atomic E-state index is 5.88. The average Bonchev–Trinajstić information content (AvgIpc) is 2.55. The lowest BCUT2D eigenvalue weighted by molar-refractivity contribution is 0.486. The topological polar surface area (TPSA) is 29.3 Å². The Morgan fingerprint density at radius 2 is 1.62 bits per heavy atom. The summed E-state index contributed by atoms with van der Waals surface area (Å²) in [6.07, 6.45) is 2.48. The lowest BCUT2D eigenvalue weighted by Gasteiger charge is -2.29. The molecular formula is C19H28N2. The minimum absolute atomic E-state index is 0.597. The molecule has 0 aromatic heterocycles. The van der Waals surface area contributed by atoms with Crippen molar-refractivity contribution in [3.8, 4) is 0 Å². The van der Waals surface area contributed by atoms with E-state index < -0.39 is 0 Å². The van der Waals surface area contributed by atoms with E-state index in [1.807, 2.05) is 0 Å². The number of hydrogen-bond acceptors (Lipinski definition) is 2. The summed E-state index contributed by atoms with van der Waals surface area (Å²) in [5, 5.41) is 2.62. The zero-order valence-electron chi connectivity index (χ0n) is 13.6. The zero-order chi connectivity index (χ0) is 15.2. The van der Waals surface area contributed by atoms with E-state index in [1.165, 1.54) is 34.9 Å². The predicted molar refractivity (Wildman–Crippen MR) is 93.8 cm³/mol. The molecule has 0 aliphatic carbocycles.